The number of hydrogen-bond acceptors (Lipinski definition) is 5. The lowest BCUT2D eigenvalue weighted by molar-refractivity contribution is 0.0845. The molecule has 0 radical (unpaired) electrons. The van der Waals surface area contributed by atoms with Crippen molar-refractivity contribution in [2.24, 2.45) is 0 Å². The summed E-state index contributed by atoms with van der Waals surface area (Å²) in [5.74, 6) is -0.293. The monoisotopic (exact) mass is 348 g/mol. The number of phenolic OH excluding ortho intramolecular Hbond substituents is 3. The van der Waals surface area contributed by atoms with Crippen LogP contribution in [0.3, 0.4) is 0 Å². The molecule has 1 atom stereocenters. The number of carbonyl (C=O) groups is 1. The smallest absolute Gasteiger partial charge is 0.174 e. The van der Waals surface area contributed by atoms with Gasteiger partial charge in [0.1, 0.15) is 34.7 Å². The number of ketones is 1. The van der Waals surface area contributed by atoms with Gasteiger partial charge in [-0.3, -0.25) is 4.79 Å². The molecule has 3 aromatic carbocycles. The van der Waals surface area contributed by atoms with E-state index in [-0.39, 0.29) is 40.8 Å². The number of aromatic hydroxyl groups is 3. The van der Waals surface area contributed by atoms with Crippen LogP contribution in [0, 0.1) is 0 Å². The third-order valence-electron chi connectivity index (χ3n) is 4.44. The predicted octanol–water partition coefficient (Wildman–Crippen LogP) is 4.18. The van der Waals surface area contributed by atoms with E-state index >= 15 is 0 Å². The lowest BCUT2D eigenvalue weighted by Gasteiger charge is -2.26. The first-order valence-corrected chi connectivity index (χ1v) is 8.16. The average molecular weight is 348 g/mol. The van der Waals surface area contributed by atoms with Gasteiger partial charge in [-0.2, -0.15) is 0 Å². The van der Waals surface area contributed by atoms with Gasteiger partial charge in [0.25, 0.3) is 0 Å². The van der Waals surface area contributed by atoms with Crippen molar-refractivity contribution in [1.82, 2.24) is 0 Å². The van der Waals surface area contributed by atoms with Crippen molar-refractivity contribution >= 4 is 5.78 Å². The van der Waals surface area contributed by atoms with E-state index in [0.29, 0.717) is 0 Å². The van der Waals surface area contributed by atoms with Crippen LogP contribution in [0.15, 0.2) is 60.7 Å². The number of rotatable bonds is 2. The van der Waals surface area contributed by atoms with E-state index in [2.05, 4.69) is 0 Å². The van der Waals surface area contributed by atoms with Gasteiger partial charge in [-0.05, 0) is 34.9 Å². The molecule has 0 fully saturated rings. The molecule has 3 aromatic rings. The average Bonchev–Trinajstić information content (AvgIpc) is 2.61. The topological polar surface area (TPSA) is 87.0 Å². The van der Waals surface area contributed by atoms with Crippen LogP contribution in [0.2, 0.25) is 0 Å². The maximum Gasteiger partial charge on any atom is 0.174 e. The summed E-state index contributed by atoms with van der Waals surface area (Å²) in [6.07, 6.45) is -0.405. The van der Waals surface area contributed by atoms with E-state index in [0.717, 1.165) is 22.8 Å². The van der Waals surface area contributed by atoms with E-state index < -0.39 is 6.10 Å². The Morgan fingerprint density at radius 3 is 2.38 bits per heavy atom. The van der Waals surface area contributed by atoms with Crippen molar-refractivity contribution in [1.29, 1.82) is 0 Å². The minimum atomic E-state index is -0.506. The summed E-state index contributed by atoms with van der Waals surface area (Å²) in [7, 11) is 0. The maximum absolute atomic E-state index is 12.4. The number of ether oxygens (including phenoxy) is 1. The molecule has 1 unspecified atom stereocenters. The van der Waals surface area contributed by atoms with E-state index in [1.165, 1.54) is 6.07 Å². The second kappa shape index (κ2) is 6.11. The normalized spacial score (nSPS) is 16.0. The van der Waals surface area contributed by atoms with Gasteiger partial charge >= 0.3 is 0 Å². The van der Waals surface area contributed by atoms with Crippen LogP contribution < -0.4 is 4.74 Å². The summed E-state index contributed by atoms with van der Waals surface area (Å²) >= 11 is 0. The fourth-order valence-corrected chi connectivity index (χ4v) is 3.18. The minimum absolute atomic E-state index is 0.102. The highest BCUT2D eigenvalue weighted by Gasteiger charge is 2.30. The highest BCUT2D eigenvalue weighted by atomic mass is 16.5. The molecule has 26 heavy (non-hydrogen) atoms. The van der Waals surface area contributed by atoms with E-state index in [9.17, 15) is 20.1 Å². The van der Waals surface area contributed by atoms with Crippen LogP contribution in [-0.4, -0.2) is 21.1 Å². The van der Waals surface area contributed by atoms with Crippen molar-refractivity contribution in [3.63, 3.8) is 0 Å². The number of phenols is 3. The first-order valence-electron chi connectivity index (χ1n) is 8.16. The predicted molar refractivity (Wildman–Crippen MR) is 95.6 cm³/mol. The highest BCUT2D eigenvalue weighted by Crippen LogP contribution is 2.42. The Hall–Kier alpha value is -3.47. The van der Waals surface area contributed by atoms with Gasteiger partial charge in [-0.25, -0.2) is 0 Å². The molecular weight excluding hydrogens is 332 g/mol. The largest absolute Gasteiger partial charge is 0.508 e. The van der Waals surface area contributed by atoms with Crippen LogP contribution in [0.1, 0.15) is 28.4 Å². The van der Waals surface area contributed by atoms with Crippen molar-refractivity contribution in [3.05, 3.63) is 71.8 Å². The summed E-state index contributed by atoms with van der Waals surface area (Å²) in [4.78, 5) is 12.4. The number of carbonyl (C=O) groups excluding carboxylic acids is 1. The molecule has 0 spiro atoms. The van der Waals surface area contributed by atoms with Gasteiger partial charge < -0.3 is 20.1 Å². The Morgan fingerprint density at radius 1 is 0.846 bits per heavy atom. The fraction of sp³-hybridized carbons (Fsp3) is 0.0952. The van der Waals surface area contributed by atoms with E-state index in [1.54, 1.807) is 12.1 Å². The van der Waals surface area contributed by atoms with Crippen LogP contribution in [-0.2, 0) is 0 Å². The Labute approximate surface area is 149 Å². The van der Waals surface area contributed by atoms with Crippen LogP contribution in [0.4, 0.5) is 0 Å². The van der Waals surface area contributed by atoms with E-state index in [1.807, 2.05) is 36.4 Å². The lowest BCUT2D eigenvalue weighted by atomic mass is 9.93. The number of benzene rings is 3. The maximum atomic E-state index is 12.4. The zero-order valence-electron chi connectivity index (χ0n) is 13.7. The van der Waals surface area contributed by atoms with Crippen molar-refractivity contribution < 1.29 is 24.9 Å². The third kappa shape index (κ3) is 2.84. The van der Waals surface area contributed by atoms with Gasteiger partial charge in [0.05, 0.1) is 6.42 Å². The molecule has 3 N–H and O–H groups in total. The van der Waals surface area contributed by atoms with Gasteiger partial charge in [0, 0.05) is 12.1 Å². The quantitative estimate of drug-likeness (QED) is 0.647. The molecule has 1 aliphatic rings. The Kier molecular flexibility index (Phi) is 3.77. The molecule has 0 aliphatic carbocycles. The summed E-state index contributed by atoms with van der Waals surface area (Å²) in [6, 6.07) is 16.9. The first-order chi connectivity index (χ1) is 12.5. The minimum Gasteiger partial charge on any atom is -0.508 e. The third-order valence-corrected chi connectivity index (χ3v) is 4.44. The van der Waals surface area contributed by atoms with Crippen LogP contribution >= 0.6 is 0 Å². The van der Waals surface area contributed by atoms with Crippen LogP contribution in [0.25, 0.3) is 11.1 Å². The Bertz CT molecular complexity index is 992. The van der Waals surface area contributed by atoms with Crippen LogP contribution in [0.5, 0.6) is 23.0 Å². The molecule has 5 heteroatoms. The molecule has 1 aliphatic heterocycles. The van der Waals surface area contributed by atoms with Gasteiger partial charge in [0.15, 0.2) is 5.78 Å². The summed E-state index contributed by atoms with van der Waals surface area (Å²) < 4.78 is 5.88. The van der Waals surface area contributed by atoms with Gasteiger partial charge in [0.2, 0.25) is 0 Å². The summed E-state index contributed by atoms with van der Waals surface area (Å²) in [5.41, 5.74) is 2.79. The Balaban J connectivity index is 1.69. The lowest BCUT2D eigenvalue weighted by Crippen LogP contribution is -2.20. The first kappa shape index (κ1) is 16.0. The number of Topliss-reactive ketones (excluding diaryl/α,β-unsaturated/α-hetero) is 1. The molecule has 0 aromatic heterocycles. The second-order valence-electron chi connectivity index (χ2n) is 6.24. The SMILES string of the molecule is O=C1CC(c2cccc(-c3ccc(O)cc3)c2)Oc2cc(O)cc(O)c21. The molecule has 0 saturated carbocycles. The number of hydrogen-bond donors (Lipinski definition) is 3. The molecule has 0 bridgehead atoms. The van der Waals surface area contributed by atoms with Crippen molar-refractivity contribution in [3.8, 4) is 34.1 Å². The van der Waals surface area contributed by atoms with Crippen molar-refractivity contribution in [2.45, 2.75) is 12.5 Å². The summed E-state index contributed by atoms with van der Waals surface area (Å²) in [5, 5.41) is 29.0. The Morgan fingerprint density at radius 2 is 1.62 bits per heavy atom. The second-order valence-corrected chi connectivity index (χ2v) is 6.24. The molecular formula is C21H16O5. The summed E-state index contributed by atoms with van der Waals surface area (Å²) in [6.45, 7) is 0. The molecule has 0 amide bonds. The fourth-order valence-electron chi connectivity index (χ4n) is 3.18. The van der Waals surface area contributed by atoms with E-state index in [4.69, 9.17) is 4.74 Å². The number of fused-ring (bicyclic) bond motifs is 1. The zero-order chi connectivity index (χ0) is 18.3. The molecule has 5 nitrogen and oxygen atoms in total. The molecule has 0 saturated heterocycles. The zero-order valence-corrected chi connectivity index (χ0v) is 13.7. The van der Waals surface area contributed by atoms with Crippen molar-refractivity contribution in [2.75, 3.05) is 0 Å². The highest BCUT2D eigenvalue weighted by molar-refractivity contribution is 6.02. The van der Waals surface area contributed by atoms with Gasteiger partial charge in [-0.15, -0.1) is 0 Å². The standard InChI is InChI=1S/C21H16O5/c22-15-6-4-12(5-7-15)13-2-1-3-14(8-13)19-11-18(25)21-17(24)9-16(23)10-20(21)26-19/h1-10,19,22-24H,11H2. The molecule has 1 heterocycles. The van der Waals surface area contributed by atoms with Gasteiger partial charge in [-0.1, -0.05) is 30.3 Å². The molecule has 130 valence electrons. The molecule has 4 rings (SSSR count).